The van der Waals surface area contributed by atoms with Gasteiger partial charge in [0.1, 0.15) is 6.17 Å². The molecule has 13 heavy (non-hydrogen) atoms. The van der Waals surface area contributed by atoms with Crippen molar-refractivity contribution in [2.75, 3.05) is 26.2 Å². The Bertz CT molecular complexity index is 217. The van der Waals surface area contributed by atoms with Gasteiger partial charge in [-0.05, 0) is 12.8 Å². The standard InChI is InChI=1S/C10H16FNO/c11-9-7-3-12(4-8(7)9)5-10(6-13)1-2-10/h7-9,13H,1-6H2. The van der Waals surface area contributed by atoms with E-state index in [2.05, 4.69) is 4.90 Å². The lowest BCUT2D eigenvalue weighted by Crippen LogP contribution is -2.32. The predicted molar refractivity (Wildman–Crippen MR) is 47.1 cm³/mol. The highest BCUT2D eigenvalue weighted by Crippen LogP contribution is 2.51. The molecule has 0 bridgehead atoms. The first-order valence-corrected chi connectivity index (χ1v) is 5.21. The molecule has 1 heterocycles. The van der Waals surface area contributed by atoms with Gasteiger partial charge in [0.05, 0.1) is 0 Å². The average molecular weight is 185 g/mol. The summed E-state index contributed by atoms with van der Waals surface area (Å²) >= 11 is 0. The smallest absolute Gasteiger partial charge is 0.109 e. The van der Waals surface area contributed by atoms with Crippen molar-refractivity contribution in [2.24, 2.45) is 17.3 Å². The van der Waals surface area contributed by atoms with Gasteiger partial charge in [0.25, 0.3) is 0 Å². The molecule has 0 spiro atoms. The number of nitrogens with zero attached hydrogens (tertiary/aromatic N) is 1. The predicted octanol–water partition coefficient (Wildman–Crippen LogP) is 0.659. The second-order valence-corrected chi connectivity index (χ2v) is 5.12. The molecule has 1 N–H and O–H groups in total. The first kappa shape index (κ1) is 8.18. The van der Waals surface area contributed by atoms with E-state index in [0.29, 0.717) is 18.4 Å². The van der Waals surface area contributed by atoms with Gasteiger partial charge in [0.2, 0.25) is 0 Å². The average Bonchev–Trinajstić information content (AvgIpc) is 2.94. The van der Waals surface area contributed by atoms with Gasteiger partial charge in [-0.2, -0.15) is 0 Å². The summed E-state index contributed by atoms with van der Waals surface area (Å²) in [6.07, 6.45) is 1.82. The fourth-order valence-corrected chi connectivity index (χ4v) is 2.69. The maximum absolute atomic E-state index is 12.8. The number of aliphatic hydroxyl groups is 1. The largest absolute Gasteiger partial charge is 0.396 e. The molecule has 1 aliphatic heterocycles. The molecule has 0 aromatic rings. The summed E-state index contributed by atoms with van der Waals surface area (Å²) in [5.41, 5.74) is 0.211. The third-order valence-corrected chi connectivity index (χ3v) is 4.02. The van der Waals surface area contributed by atoms with Crippen LogP contribution in [0, 0.1) is 17.3 Å². The lowest BCUT2D eigenvalue weighted by atomic mass is 10.1. The van der Waals surface area contributed by atoms with Crippen LogP contribution >= 0.6 is 0 Å². The van der Waals surface area contributed by atoms with E-state index in [9.17, 15) is 4.39 Å². The summed E-state index contributed by atoms with van der Waals surface area (Å²) in [6.45, 7) is 3.20. The zero-order valence-electron chi connectivity index (χ0n) is 7.75. The summed E-state index contributed by atoms with van der Waals surface area (Å²) in [5.74, 6) is 0.684. The Hall–Kier alpha value is -0.150. The molecule has 0 aromatic heterocycles. The van der Waals surface area contributed by atoms with Gasteiger partial charge in [-0.3, -0.25) is 0 Å². The molecule has 2 unspecified atom stereocenters. The van der Waals surface area contributed by atoms with Crippen molar-refractivity contribution in [3.05, 3.63) is 0 Å². The molecule has 3 heteroatoms. The van der Waals surface area contributed by atoms with Crippen LogP contribution in [-0.2, 0) is 0 Å². The van der Waals surface area contributed by atoms with E-state index in [4.69, 9.17) is 5.11 Å². The van der Waals surface area contributed by atoms with Gasteiger partial charge >= 0.3 is 0 Å². The van der Waals surface area contributed by atoms with E-state index in [0.717, 1.165) is 32.5 Å². The fourth-order valence-electron chi connectivity index (χ4n) is 2.69. The summed E-state index contributed by atoms with van der Waals surface area (Å²) in [4.78, 5) is 2.34. The maximum Gasteiger partial charge on any atom is 0.109 e. The first-order valence-electron chi connectivity index (χ1n) is 5.21. The monoisotopic (exact) mass is 185 g/mol. The van der Waals surface area contributed by atoms with Crippen molar-refractivity contribution >= 4 is 0 Å². The Morgan fingerprint density at radius 2 is 1.92 bits per heavy atom. The number of alkyl halides is 1. The number of fused-ring (bicyclic) bond motifs is 1. The Labute approximate surface area is 77.7 Å². The van der Waals surface area contributed by atoms with Gasteiger partial charge in [-0.15, -0.1) is 0 Å². The zero-order chi connectivity index (χ0) is 9.05. The lowest BCUT2D eigenvalue weighted by molar-refractivity contribution is 0.149. The van der Waals surface area contributed by atoms with Crippen LogP contribution in [0.4, 0.5) is 4.39 Å². The molecule has 2 aliphatic carbocycles. The van der Waals surface area contributed by atoms with E-state index >= 15 is 0 Å². The van der Waals surface area contributed by atoms with Crippen LogP contribution in [0.25, 0.3) is 0 Å². The molecule has 3 fully saturated rings. The van der Waals surface area contributed by atoms with Crippen LogP contribution in [-0.4, -0.2) is 42.4 Å². The summed E-state index contributed by atoms with van der Waals surface area (Å²) in [5, 5.41) is 9.15. The minimum atomic E-state index is -0.500. The van der Waals surface area contributed by atoms with Crippen molar-refractivity contribution in [3.63, 3.8) is 0 Å². The van der Waals surface area contributed by atoms with Crippen molar-refractivity contribution in [1.82, 2.24) is 4.90 Å². The van der Waals surface area contributed by atoms with Gasteiger partial charge < -0.3 is 10.0 Å². The zero-order valence-corrected chi connectivity index (χ0v) is 7.75. The molecule has 2 saturated carbocycles. The Morgan fingerprint density at radius 3 is 2.38 bits per heavy atom. The normalized spacial score (nSPS) is 46.2. The molecule has 1 saturated heterocycles. The summed E-state index contributed by atoms with van der Waals surface area (Å²) in [7, 11) is 0. The number of likely N-dealkylation sites (tertiary alicyclic amines) is 1. The second-order valence-electron chi connectivity index (χ2n) is 5.12. The van der Waals surface area contributed by atoms with Crippen LogP contribution in [0.5, 0.6) is 0 Å². The molecule has 3 aliphatic rings. The summed E-state index contributed by atoms with van der Waals surface area (Å²) in [6, 6.07) is 0. The number of halogens is 1. The van der Waals surface area contributed by atoms with E-state index < -0.39 is 6.17 Å². The van der Waals surface area contributed by atoms with Crippen LogP contribution < -0.4 is 0 Å². The highest BCUT2D eigenvalue weighted by molar-refractivity contribution is 5.08. The molecular formula is C10H16FNO. The van der Waals surface area contributed by atoms with Crippen LogP contribution in [0.2, 0.25) is 0 Å². The van der Waals surface area contributed by atoms with E-state index in [-0.39, 0.29) is 5.41 Å². The first-order chi connectivity index (χ1) is 6.24. The van der Waals surface area contributed by atoms with Gasteiger partial charge in [-0.1, -0.05) is 0 Å². The molecule has 2 atom stereocenters. The second kappa shape index (κ2) is 2.45. The Morgan fingerprint density at radius 1 is 1.31 bits per heavy atom. The molecular weight excluding hydrogens is 169 g/mol. The lowest BCUT2D eigenvalue weighted by Gasteiger charge is -2.23. The van der Waals surface area contributed by atoms with E-state index in [1.165, 1.54) is 0 Å². The number of hydrogen-bond acceptors (Lipinski definition) is 2. The van der Waals surface area contributed by atoms with E-state index in [1.807, 2.05) is 0 Å². The Kier molecular flexibility index (Phi) is 1.54. The summed E-state index contributed by atoms with van der Waals surface area (Å²) < 4.78 is 12.8. The van der Waals surface area contributed by atoms with E-state index in [1.54, 1.807) is 0 Å². The number of rotatable bonds is 3. The van der Waals surface area contributed by atoms with Crippen LogP contribution in [0.3, 0.4) is 0 Å². The molecule has 0 radical (unpaired) electrons. The van der Waals surface area contributed by atoms with Crippen molar-refractivity contribution in [3.8, 4) is 0 Å². The molecule has 74 valence electrons. The highest BCUT2D eigenvalue weighted by Gasteiger charge is 2.58. The quantitative estimate of drug-likeness (QED) is 0.698. The molecule has 2 nitrogen and oxygen atoms in total. The van der Waals surface area contributed by atoms with Crippen LogP contribution in [0.15, 0.2) is 0 Å². The highest BCUT2D eigenvalue weighted by atomic mass is 19.1. The number of aliphatic hydroxyl groups excluding tert-OH is 1. The van der Waals surface area contributed by atoms with Crippen LogP contribution in [0.1, 0.15) is 12.8 Å². The van der Waals surface area contributed by atoms with Gasteiger partial charge in [0, 0.05) is 43.5 Å². The maximum atomic E-state index is 12.8. The minimum absolute atomic E-state index is 0.211. The fraction of sp³-hybridized carbons (Fsp3) is 1.00. The minimum Gasteiger partial charge on any atom is -0.396 e. The third kappa shape index (κ3) is 1.21. The SMILES string of the molecule is OCC1(CN2CC3C(F)C3C2)CC1. The number of piperidine rings is 1. The molecule has 3 rings (SSSR count). The number of hydrogen-bond donors (Lipinski definition) is 1. The molecule has 0 aromatic carbocycles. The van der Waals surface area contributed by atoms with Crippen molar-refractivity contribution in [2.45, 2.75) is 19.0 Å². The van der Waals surface area contributed by atoms with Gasteiger partial charge in [-0.25, -0.2) is 4.39 Å². The topological polar surface area (TPSA) is 23.5 Å². The van der Waals surface area contributed by atoms with Gasteiger partial charge in [0.15, 0.2) is 0 Å². The van der Waals surface area contributed by atoms with Crippen molar-refractivity contribution < 1.29 is 9.50 Å². The van der Waals surface area contributed by atoms with Crippen molar-refractivity contribution in [1.29, 1.82) is 0 Å². The third-order valence-electron chi connectivity index (χ3n) is 4.02. The molecule has 0 amide bonds. The Balaban J connectivity index is 1.53.